The number of esters is 1. The van der Waals surface area contributed by atoms with Crippen molar-refractivity contribution in [2.75, 3.05) is 0 Å². The molecule has 128 valence electrons. The van der Waals surface area contributed by atoms with Crippen molar-refractivity contribution in [1.82, 2.24) is 0 Å². The van der Waals surface area contributed by atoms with Gasteiger partial charge in [-0.05, 0) is 24.2 Å². The minimum atomic E-state index is -0.373. The summed E-state index contributed by atoms with van der Waals surface area (Å²) >= 11 is 3.38. The first kappa shape index (κ1) is 20.0. The first-order valence-corrected chi connectivity index (χ1v) is 8.91. The van der Waals surface area contributed by atoms with Crippen LogP contribution in [0.15, 0.2) is 24.8 Å². The van der Waals surface area contributed by atoms with Gasteiger partial charge >= 0.3 is 5.97 Å². The number of carbonyl (C=O) groups excluding carboxylic acids is 1. The van der Waals surface area contributed by atoms with Gasteiger partial charge in [-0.1, -0.05) is 81.2 Å². The lowest BCUT2D eigenvalue weighted by Crippen LogP contribution is -2.26. The Bertz CT molecular complexity index is 554. The molecule has 0 heterocycles. The third-order valence-electron chi connectivity index (χ3n) is 3.68. The molecule has 23 heavy (non-hydrogen) atoms. The van der Waals surface area contributed by atoms with Crippen molar-refractivity contribution in [3.05, 3.63) is 41.5 Å². The highest BCUT2D eigenvalue weighted by molar-refractivity contribution is 9.10. The van der Waals surface area contributed by atoms with Gasteiger partial charge in [0.15, 0.2) is 0 Å². The van der Waals surface area contributed by atoms with Crippen molar-refractivity contribution in [3.63, 3.8) is 0 Å². The van der Waals surface area contributed by atoms with Gasteiger partial charge in [0.1, 0.15) is 10.6 Å². The van der Waals surface area contributed by atoms with Gasteiger partial charge in [-0.15, -0.1) is 6.58 Å². The molecule has 3 heteroatoms. The predicted octanol–water partition coefficient (Wildman–Crippen LogP) is 5.84. The molecule has 0 fully saturated rings. The van der Waals surface area contributed by atoms with Gasteiger partial charge < -0.3 is 4.74 Å². The van der Waals surface area contributed by atoms with E-state index >= 15 is 0 Å². The quantitative estimate of drug-likeness (QED) is 0.284. The standard InChI is InChI=1S/C20H29BrO2/c1-9-10-16(21)18(22)23-17-14(19(3,4)5)11-13(2)12-15(17)20(6,7)8/h9,11-12,16H,1,10H2,2-8H3. The van der Waals surface area contributed by atoms with Crippen molar-refractivity contribution < 1.29 is 9.53 Å². The fraction of sp³-hybridized carbons (Fsp3) is 0.550. The van der Waals surface area contributed by atoms with E-state index in [0.717, 1.165) is 11.1 Å². The summed E-state index contributed by atoms with van der Waals surface area (Å²) < 4.78 is 5.87. The number of hydrogen-bond donors (Lipinski definition) is 0. The van der Waals surface area contributed by atoms with Crippen molar-refractivity contribution in [3.8, 4) is 5.75 Å². The second-order valence-electron chi connectivity index (χ2n) is 8.10. The zero-order valence-corrected chi connectivity index (χ0v) is 17.0. The third-order valence-corrected chi connectivity index (χ3v) is 4.43. The summed E-state index contributed by atoms with van der Waals surface area (Å²) in [5.74, 6) is 0.430. The molecule has 0 N–H and O–H groups in total. The first-order chi connectivity index (χ1) is 10.4. The SMILES string of the molecule is C=CCC(Br)C(=O)Oc1c(C(C)(C)C)cc(C)cc1C(C)(C)C. The number of alkyl halides is 1. The number of benzene rings is 1. The lowest BCUT2D eigenvalue weighted by molar-refractivity contribution is -0.133. The molecule has 0 saturated carbocycles. The second-order valence-corrected chi connectivity index (χ2v) is 9.21. The summed E-state index contributed by atoms with van der Waals surface area (Å²) in [7, 11) is 0. The number of hydrogen-bond acceptors (Lipinski definition) is 2. The summed E-state index contributed by atoms with van der Waals surface area (Å²) in [6.07, 6.45) is 2.26. The molecule has 1 aromatic carbocycles. The van der Waals surface area contributed by atoms with Crippen LogP contribution in [0.3, 0.4) is 0 Å². The van der Waals surface area contributed by atoms with Crippen LogP contribution in [0.5, 0.6) is 5.75 Å². The van der Waals surface area contributed by atoms with Crippen LogP contribution >= 0.6 is 15.9 Å². The molecule has 0 aliphatic carbocycles. The Morgan fingerprint density at radius 2 is 1.61 bits per heavy atom. The van der Waals surface area contributed by atoms with Gasteiger partial charge in [0.05, 0.1) is 0 Å². The van der Waals surface area contributed by atoms with E-state index in [1.165, 1.54) is 5.56 Å². The lowest BCUT2D eigenvalue weighted by Gasteiger charge is -2.30. The highest BCUT2D eigenvalue weighted by atomic mass is 79.9. The number of allylic oxidation sites excluding steroid dienone is 1. The Kier molecular flexibility index (Phi) is 6.25. The summed E-state index contributed by atoms with van der Waals surface area (Å²) in [6.45, 7) is 18.6. The first-order valence-electron chi connectivity index (χ1n) is 8.00. The van der Waals surface area contributed by atoms with E-state index in [-0.39, 0.29) is 21.6 Å². The number of rotatable bonds is 4. The van der Waals surface area contributed by atoms with E-state index in [1.54, 1.807) is 6.08 Å². The van der Waals surface area contributed by atoms with Crippen LogP contribution in [0.4, 0.5) is 0 Å². The zero-order chi connectivity index (χ0) is 18.0. The van der Waals surface area contributed by atoms with Crippen LogP contribution in [0.2, 0.25) is 0 Å². The van der Waals surface area contributed by atoms with E-state index in [1.807, 2.05) is 0 Å². The molecule has 1 atom stereocenters. The van der Waals surface area contributed by atoms with E-state index < -0.39 is 0 Å². The maximum Gasteiger partial charge on any atom is 0.325 e. The summed E-state index contributed by atoms with van der Waals surface area (Å²) in [6, 6.07) is 4.24. The van der Waals surface area contributed by atoms with E-state index in [2.05, 4.69) is 83.1 Å². The third kappa shape index (κ3) is 5.20. The topological polar surface area (TPSA) is 26.3 Å². The Balaban J connectivity index is 3.47. The Morgan fingerprint density at radius 3 is 1.96 bits per heavy atom. The van der Waals surface area contributed by atoms with Crippen LogP contribution in [0.25, 0.3) is 0 Å². The summed E-state index contributed by atoms with van der Waals surface area (Å²) in [4.78, 5) is 12.1. The number of aryl methyl sites for hydroxylation is 1. The molecular weight excluding hydrogens is 352 g/mol. The second kappa shape index (κ2) is 7.21. The number of carbonyl (C=O) groups is 1. The molecule has 0 spiro atoms. The highest BCUT2D eigenvalue weighted by Crippen LogP contribution is 2.41. The lowest BCUT2D eigenvalue weighted by atomic mass is 9.78. The minimum Gasteiger partial charge on any atom is -0.425 e. The van der Waals surface area contributed by atoms with Crippen LogP contribution < -0.4 is 4.74 Å². The van der Waals surface area contributed by atoms with E-state index in [9.17, 15) is 4.79 Å². The van der Waals surface area contributed by atoms with Gasteiger partial charge in [-0.2, -0.15) is 0 Å². The molecule has 0 saturated heterocycles. The average Bonchev–Trinajstić information content (AvgIpc) is 2.38. The van der Waals surface area contributed by atoms with Crippen LogP contribution in [0.1, 0.15) is 64.7 Å². The Labute approximate surface area is 149 Å². The van der Waals surface area contributed by atoms with Crippen LogP contribution in [0, 0.1) is 6.92 Å². The minimum absolute atomic E-state index is 0.109. The van der Waals surface area contributed by atoms with Crippen molar-refractivity contribution >= 4 is 21.9 Å². The van der Waals surface area contributed by atoms with E-state index in [0.29, 0.717) is 12.2 Å². The molecule has 0 bridgehead atoms. The highest BCUT2D eigenvalue weighted by Gasteiger charge is 2.29. The molecule has 1 unspecified atom stereocenters. The monoisotopic (exact) mass is 380 g/mol. The van der Waals surface area contributed by atoms with Crippen LogP contribution in [-0.2, 0) is 15.6 Å². The molecular formula is C20H29BrO2. The average molecular weight is 381 g/mol. The molecule has 0 radical (unpaired) electrons. The molecule has 0 aromatic heterocycles. The normalized spacial score (nSPS) is 13.6. The molecule has 0 aliphatic rings. The van der Waals surface area contributed by atoms with Gasteiger partial charge in [0, 0.05) is 11.1 Å². The smallest absolute Gasteiger partial charge is 0.325 e. The summed E-state index contributed by atoms with van der Waals surface area (Å²) in [5, 5.41) is 0. The molecule has 2 nitrogen and oxygen atoms in total. The Morgan fingerprint density at radius 1 is 1.17 bits per heavy atom. The maximum absolute atomic E-state index is 12.4. The molecule has 1 rings (SSSR count). The fourth-order valence-corrected chi connectivity index (χ4v) is 2.76. The van der Waals surface area contributed by atoms with Gasteiger partial charge in [0.25, 0.3) is 0 Å². The number of ether oxygens (including phenoxy) is 1. The Hall–Kier alpha value is -1.09. The fourth-order valence-electron chi connectivity index (χ4n) is 2.40. The molecule has 0 aliphatic heterocycles. The van der Waals surface area contributed by atoms with Gasteiger partial charge in [-0.3, -0.25) is 4.79 Å². The van der Waals surface area contributed by atoms with Crippen molar-refractivity contribution in [2.24, 2.45) is 0 Å². The number of halogens is 1. The zero-order valence-electron chi connectivity index (χ0n) is 15.4. The van der Waals surface area contributed by atoms with Crippen LogP contribution in [-0.4, -0.2) is 10.8 Å². The van der Waals surface area contributed by atoms with E-state index in [4.69, 9.17) is 4.74 Å². The van der Waals surface area contributed by atoms with Gasteiger partial charge in [-0.25, -0.2) is 0 Å². The van der Waals surface area contributed by atoms with Gasteiger partial charge in [0.2, 0.25) is 0 Å². The largest absolute Gasteiger partial charge is 0.425 e. The molecule has 0 amide bonds. The summed E-state index contributed by atoms with van der Waals surface area (Å²) in [5.41, 5.74) is 3.09. The predicted molar refractivity (Wildman–Crippen MR) is 102 cm³/mol. The maximum atomic E-state index is 12.4. The van der Waals surface area contributed by atoms with Crippen molar-refractivity contribution in [2.45, 2.75) is 70.5 Å². The van der Waals surface area contributed by atoms with Crippen molar-refractivity contribution in [1.29, 1.82) is 0 Å². The molecule has 1 aromatic rings.